The molecule has 2 aromatic heterocycles. The molecule has 1 aliphatic rings. The van der Waals surface area contributed by atoms with Crippen molar-refractivity contribution in [1.29, 1.82) is 0 Å². The molecule has 0 spiro atoms. The lowest BCUT2D eigenvalue weighted by atomic mass is 10.0. The Morgan fingerprint density at radius 3 is 2.47 bits per heavy atom. The minimum absolute atomic E-state index is 0.107. The lowest BCUT2D eigenvalue weighted by Crippen LogP contribution is -2.23. The van der Waals surface area contributed by atoms with Crippen LogP contribution in [0.15, 0.2) is 65.6 Å². The summed E-state index contributed by atoms with van der Waals surface area (Å²) in [6.07, 6.45) is -3.24. The van der Waals surface area contributed by atoms with E-state index in [-0.39, 0.29) is 17.6 Å². The van der Waals surface area contributed by atoms with Gasteiger partial charge in [0.25, 0.3) is 5.91 Å². The molecule has 0 N–H and O–H groups in total. The van der Waals surface area contributed by atoms with Crippen molar-refractivity contribution in [3.8, 4) is 11.4 Å². The first kappa shape index (κ1) is 18.7. The van der Waals surface area contributed by atoms with Gasteiger partial charge in [-0.1, -0.05) is 29.8 Å². The molecular formula is C22H12ClF3N2O2. The fourth-order valence-corrected chi connectivity index (χ4v) is 4.26. The van der Waals surface area contributed by atoms with Crippen molar-refractivity contribution in [3.63, 3.8) is 0 Å². The van der Waals surface area contributed by atoms with Crippen LogP contribution in [0.1, 0.15) is 21.5 Å². The fraction of sp³-hybridized carbons (Fsp3) is 0.0909. The van der Waals surface area contributed by atoms with Crippen molar-refractivity contribution in [3.05, 3.63) is 92.7 Å². The molecule has 0 saturated heterocycles. The molecule has 150 valence electrons. The van der Waals surface area contributed by atoms with Gasteiger partial charge in [-0.15, -0.1) is 0 Å². The highest BCUT2D eigenvalue weighted by molar-refractivity contribution is 6.30. The Kier molecular flexibility index (Phi) is 3.95. The number of carbonyl (C=O) groups is 1. The number of benzene rings is 2. The molecule has 30 heavy (non-hydrogen) atoms. The van der Waals surface area contributed by atoms with Crippen LogP contribution in [-0.2, 0) is 12.7 Å². The highest BCUT2D eigenvalue weighted by Gasteiger charge is 2.38. The number of aromatic nitrogens is 2. The summed E-state index contributed by atoms with van der Waals surface area (Å²) in [6.45, 7) is 0.138. The van der Waals surface area contributed by atoms with Crippen LogP contribution in [0, 0.1) is 0 Å². The quantitative estimate of drug-likeness (QED) is 0.388. The Morgan fingerprint density at radius 1 is 0.967 bits per heavy atom. The van der Waals surface area contributed by atoms with Gasteiger partial charge >= 0.3 is 6.18 Å². The van der Waals surface area contributed by atoms with Crippen molar-refractivity contribution in [2.75, 3.05) is 0 Å². The second-order valence-corrected chi connectivity index (χ2v) is 7.47. The largest absolute Gasteiger partial charge is 0.417 e. The zero-order valence-corrected chi connectivity index (χ0v) is 16.0. The van der Waals surface area contributed by atoms with Crippen LogP contribution in [-0.4, -0.2) is 15.0 Å². The molecule has 0 atom stereocenters. The average Bonchev–Trinajstić information content (AvgIpc) is 3.27. The molecule has 3 heterocycles. The van der Waals surface area contributed by atoms with Gasteiger partial charge in [0, 0.05) is 17.8 Å². The zero-order chi connectivity index (χ0) is 21.2. The topological polar surface area (TPSA) is 44.0 Å². The molecule has 0 radical (unpaired) electrons. The van der Waals surface area contributed by atoms with Crippen molar-refractivity contribution in [2.45, 2.75) is 12.7 Å². The third-order valence-electron chi connectivity index (χ3n) is 5.25. The van der Waals surface area contributed by atoms with E-state index in [4.69, 9.17) is 11.6 Å². The van der Waals surface area contributed by atoms with Crippen LogP contribution < -0.4 is 5.43 Å². The predicted molar refractivity (Wildman–Crippen MR) is 107 cm³/mol. The molecule has 0 saturated carbocycles. The monoisotopic (exact) mass is 428 g/mol. The maximum Gasteiger partial charge on any atom is 0.417 e. The molecule has 5 rings (SSSR count). The van der Waals surface area contributed by atoms with E-state index >= 15 is 0 Å². The van der Waals surface area contributed by atoms with Gasteiger partial charge in [0.05, 0.1) is 27.9 Å². The minimum atomic E-state index is -4.74. The smallest absolute Gasteiger partial charge is 0.334 e. The van der Waals surface area contributed by atoms with E-state index in [1.54, 1.807) is 41.0 Å². The van der Waals surface area contributed by atoms with E-state index in [0.29, 0.717) is 16.4 Å². The Morgan fingerprint density at radius 2 is 1.73 bits per heavy atom. The number of alkyl halides is 3. The number of rotatable bonds is 2. The zero-order valence-electron chi connectivity index (χ0n) is 15.2. The van der Waals surface area contributed by atoms with E-state index in [1.807, 2.05) is 0 Å². The number of hydrogen-bond donors (Lipinski definition) is 0. The van der Waals surface area contributed by atoms with Gasteiger partial charge in [-0.2, -0.15) is 13.2 Å². The van der Waals surface area contributed by atoms with E-state index in [9.17, 15) is 22.8 Å². The molecule has 0 amide bonds. The lowest BCUT2D eigenvalue weighted by molar-refractivity contribution is -0.136. The summed E-state index contributed by atoms with van der Waals surface area (Å²) in [4.78, 5) is 26.0. The molecule has 0 fully saturated rings. The summed E-state index contributed by atoms with van der Waals surface area (Å²) < 4.78 is 44.0. The summed E-state index contributed by atoms with van der Waals surface area (Å²) in [5.41, 5.74) is -0.617. The second kappa shape index (κ2) is 6.34. The van der Waals surface area contributed by atoms with Crippen LogP contribution in [0.2, 0.25) is 5.02 Å². The molecule has 0 aliphatic carbocycles. The van der Waals surface area contributed by atoms with E-state index in [0.717, 1.165) is 11.6 Å². The van der Waals surface area contributed by atoms with Crippen LogP contribution in [0.5, 0.6) is 0 Å². The van der Waals surface area contributed by atoms with Gasteiger partial charge in [0.1, 0.15) is 5.56 Å². The van der Waals surface area contributed by atoms with Gasteiger partial charge < -0.3 is 4.57 Å². The van der Waals surface area contributed by atoms with Gasteiger partial charge in [-0.25, -0.2) is 0 Å². The van der Waals surface area contributed by atoms with E-state index < -0.39 is 28.5 Å². The number of carbonyl (C=O) groups excluding carboxylic acids is 1. The summed E-state index contributed by atoms with van der Waals surface area (Å²) in [5.74, 6) is -0.631. The van der Waals surface area contributed by atoms with Gasteiger partial charge in [0.2, 0.25) is 5.43 Å². The van der Waals surface area contributed by atoms with Gasteiger partial charge in [-0.3, -0.25) is 14.2 Å². The molecule has 4 aromatic rings. The Bertz CT molecular complexity index is 1420. The highest BCUT2D eigenvalue weighted by atomic mass is 35.5. The van der Waals surface area contributed by atoms with E-state index in [1.165, 1.54) is 22.9 Å². The fourth-order valence-electron chi connectivity index (χ4n) is 4.05. The molecule has 8 heteroatoms. The molecule has 2 aromatic carbocycles. The second-order valence-electron chi connectivity index (χ2n) is 7.03. The first-order valence-electron chi connectivity index (χ1n) is 9.01. The van der Waals surface area contributed by atoms with Crippen LogP contribution >= 0.6 is 11.6 Å². The van der Waals surface area contributed by atoms with Crippen molar-refractivity contribution >= 4 is 28.4 Å². The standard InChI is InChI=1S/C22H12ClF3N2O2/c23-13-5-1-4-12(10-13)11-28-15-7-2-6-14(22(24,25)26)17(15)20(29)18-19(28)16-8-3-9-27(16)21(18)30/h1-10H,11H2. The number of fused-ring (bicyclic) bond motifs is 4. The minimum Gasteiger partial charge on any atom is -0.334 e. The van der Waals surface area contributed by atoms with Gasteiger partial charge in [0.15, 0.2) is 0 Å². The third kappa shape index (κ3) is 2.62. The third-order valence-corrected chi connectivity index (χ3v) is 5.49. The maximum absolute atomic E-state index is 13.7. The van der Waals surface area contributed by atoms with Crippen molar-refractivity contribution in [2.24, 2.45) is 0 Å². The predicted octanol–water partition coefficient (Wildman–Crippen LogP) is 5.19. The number of hydrogen-bond acceptors (Lipinski definition) is 2. The van der Waals surface area contributed by atoms with Gasteiger partial charge in [-0.05, 0) is 42.0 Å². The molecule has 1 aliphatic heterocycles. The van der Waals surface area contributed by atoms with Crippen LogP contribution in [0.3, 0.4) is 0 Å². The van der Waals surface area contributed by atoms with Crippen molar-refractivity contribution in [1.82, 2.24) is 9.13 Å². The maximum atomic E-state index is 13.7. The highest BCUT2D eigenvalue weighted by Crippen LogP contribution is 2.38. The number of halogens is 4. The number of pyridine rings is 1. The summed E-state index contributed by atoms with van der Waals surface area (Å²) in [7, 11) is 0. The Balaban J connectivity index is 1.93. The molecule has 0 bridgehead atoms. The lowest BCUT2D eigenvalue weighted by Gasteiger charge is -2.19. The molecule has 0 unspecified atom stereocenters. The normalized spacial score (nSPS) is 13.0. The Labute approximate surface area is 172 Å². The SMILES string of the molecule is O=C1c2c(n(Cc3cccc(Cl)c3)c3cccc(C(F)(F)F)c3c2=O)-c2cccn21. The Hall–Kier alpha value is -3.32. The van der Waals surface area contributed by atoms with Crippen LogP contribution in [0.25, 0.3) is 22.3 Å². The molecule has 4 nitrogen and oxygen atoms in total. The molecular weight excluding hydrogens is 417 g/mol. The summed E-state index contributed by atoms with van der Waals surface area (Å²) in [5, 5.41) is -0.0326. The first-order valence-corrected chi connectivity index (χ1v) is 9.39. The summed E-state index contributed by atoms with van der Waals surface area (Å²) >= 11 is 6.08. The van der Waals surface area contributed by atoms with Crippen LogP contribution in [0.4, 0.5) is 13.2 Å². The van der Waals surface area contributed by atoms with Crippen molar-refractivity contribution < 1.29 is 18.0 Å². The first-order chi connectivity index (χ1) is 14.3. The number of nitrogens with zero attached hydrogens (tertiary/aromatic N) is 2. The average molecular weight is 429 g/mol. The van der Waals surface area contributed by atoms with E-state index in [2.05, 4.69) is 0 Å². The summed E-state index contributed by atoms with van der Waals surface area (Å²) in [6, 6.07) is 13.8.